The van der Waals surface area contributed by atoms with Crippen LogP contribution in [0.1, 0.15) is 28.7 Å². The highest BCUT2D eigenvalue weighted by Gasteiger charge is 2.11. The van der Waals surface area contributed by atoms with Gasteiger partial charge in [-0.3, -0.25) is 0 Å². The molecule has 0 atom stereocenters. The van der Waals surface area contributed by atoms with Crippen molar-refractivity contribution in [3.63, 3.8) is 0 Å². The number of hydrogen-bond donors (Lipinski definition) is 1. The number of carbonyl (C=O) groups is 1. The normalized spacial score (nSPS) is 10.4. The molecular formula is C22H24N4O2. The van der Waals surface area contributed by atoms with E-state index < -0.39 is 0 Å². The van der Waals surface area contributed by atoms with E-state index in [-0.39, 0.29) is 5.97 Å². The lowest BCUT2D eigenvalue weighted by molar-refractivity contribution is 0.0601. The van der Waals surface area contributed by atoms with Gasteiger partial charge in [-0.05, 0) is 37.6 Å². The van der Waals surface area contributed by atoms with Gasteiger partial charge in [-0.15, -0.1) is 0 Å². The van der Waals surface area contributed by atoms with Crippen LogP contribution in [0.3, 0.4) is 0 Å². The molecule has 2 aromatic carbocycles. The topological polar surface area (TPSA) is 67.4 Å². The van der Waals surface area contributed by atoms with Crippen molar-refractivity contribution >= 4 is 23.3 Å². The van der Waals surface area contributed by atoms with E-state index in [1.54, 1.807) is 18.2 Å². The molecule has 0 spiro atoms. The van der Waals surface area contributed by atoms with Crippen molar-refractivity contribution in [2.24, 2.45) is 0 Å². The molecule has 6 heteroatoms. The summed E-state index contributed by atoms with van der Waals surface area (Å²) in [7, 11) is 1.37. The molecule has 1 heterocycles. The first kappa shape index (κ1) is 19.4. The van der Waals surface area contributed by atoms with E-state index in [1.165, 1.54) is 12.7 Å². The summed E-state index contributed by atoms with van der Waals surface area (Å²) in [6.07, 6.45) is 0. The molecule has 0 aliphatic heterocycles. The van der Waals surface area contributed by atoms with E-state index in [4.69, 9.17) is 4.74 Å². The standard InChI is InChI=1S/C22H24N4O2/c1-4-26(15-17-9-6-5-7-10-17)21-14-20(23-16(2)24-21)25-19-12-8-11-18(13-19)22(27)28-3/h5-14H,4,15H2,1-3H3,(H,23,24,25). The number of rotatable bonds is 7. The highest BCUT2D eigenvalue weighted by atomic mass is 16.5. The number of aromatic nitrogens is 2. The Bertz CT molecular complexity index is 944. The first-order chi connectivity index (χ1) is 13.6. The van der Waals surface area contributed by atoms with Crippen LogP contribution >= 0.6 is 0 Å². The molecule has 1 N–H and O–H groups in total. The third kappa shape index (κ3) is 4.85. The first-order valence-corrected chi connectivity index (χ1v) is 9.19. The lowest BCUT2D eigenvalue weighted by atomic mass is 10.2. The number of benzene rings is 2. The van der Waals surface area contributed by atoms with Crippen molar-refractivity contribution in [3.05, 3.63) is 77.6 Å². The number of carbonyl (C=O) groups excluding carboxylic acids is 1. The molecule has 3 aromatic rings. The van der Waals surface area contributed by atoms with E-state index >= 15 is 0 Å². The molecule has 6 nitrogen and oxygen atoms in total. The van der Waals surface area contributed by atoms with Gasteiger partial charge in [0, 0.05) is 24.8 Å². The molecule has 0 aliphatic carbocycles. The van der Waals surface area contributed by atoms with Gasteiger partial charge < -0.3 is 15.0 Å². The maximum Gasteiger partial charge on any atom is 0.337 e. The lowest BCUT2D eigenvalue weighted by Gasteiger charge is -2.23. The molecule has 0 fully saturated rings. The van der Waals surface area contributed by atoms with Crippen molar-refractivity contribution < 1.29 is 9.53 Å². The number of ether oxygens (including phenoxy) is 1. The van der Waals surface area contributed by atoms with E-state index in [2.05, 4.69) is 39.2 Å². The molecule has 1 aromatic heterocycles. The number of hydrogen-bond acceptors (Lipinski definition) is 6. The zero-order valence-electron chi connectivity index (χ0n) is 16.3. The van der Waals surface area contributed by atoms with Gasteiger partial charge in [-0.25, -0.2) is 14.8 Å². The number of nitrogens with zero attached hydrogens (tertiary/aromatic N) is 3. The van der Waals surface area contributed by atoms with Gasteiger partial charge >= 0.3 is 5.97 Å². The van der Waals surface area contributed by atoms with Crippen molar-refractivity contribution in [2.75, 3.05) is 23.9 Å². The summed E-state index contributed by atoms with van der Waals surface area (Å²) in [6, 6.07) is 19.4. The van der Waals surface area contributed by atoms with Gasteiger partial charge in [0.25, 0.3) is 0 Å². The number of methoxy groups -OCH3 is 1. The van der Waals surface area contributed by atoms with Crippen LogP contribution in [0.2, 0.25) is 0 Å². The maximum atomic E-state index is 11.7. The Hall–Kier alpha value is -3.41. The van der Waals surface area contributed by atoms with E-state index in [9.17, 15) is 4.79 Å². The zero-order chi connectivity index (χ0) is 19.9. The van der Waals surface area contributed by atoms with E-state index in [0.29, 0.717) is 17.2 Å². The van der Waals surface area contributed by atoms with Gasteiger partial charge in [-0.2, -0.15) is 0 Å². The summed E-state index contributed by atoms with van der Waals surface area (Å²) in [4.78, 5) is 23.0. The number of aryl methyl sites for hydroxylation is 1. The number of anilines is 3. The Morgan fingerprint density at radius 1 is 1.07 bits per heavy atom. The van der Waals surface area contributed by atoms with Crippen molar-refractivity contribution in [2.45, 2.75) is 20.4 Å². The van der Waals surface area contributed by atoms with Gasteiger partial charge in [0.1, 0.15) is 17.5 Å². The monoisotopic (exact) mass is 376 g/mol. The largest absolute Gasteiger partial charge is 0.465 e. The molecular weight excluding hydrogens is 352 g/mol. The summed E-state index contributed by atoms with van der Waals surface area (Å²) in [5, 5.41) is 3.26. The summed E-state index contributed by atoms with van der Waals surface area (Å²) in [6.45, 7) is 5.57. The second-order valence-electron chi connectivity index (χ2n) is 6.36. The van der Waals surface area contributed by atoms with Crippen molar-refractivity contribution in [1.82, 2.24) is 9.97 Å². The van der Waals surface area contributed by atoms with Gasteiger partial charge in [0.2, 0.25) is 0 Å². The molecule has 0 radical (unpaired) electrons. The van der Waals surface area contributed by atoms with E-state index in [1.807, 2.05) is 37.3 Å². The van der Waals surface area contributed by atoms with Crippen LogP contribution in [0.5, 0.6) is 0 Å². The lowest BCUT2D eigenvalue weighted by Crippen LogP contribution is -2.23. The average molecular weight is 376 g/mol. The maximum absolute atomic E-state index is 11.7. The molecule has 0 aliphatic rings. The van der Waals surface area contributed by atoms with Crippen molar-refractivity contribution in [1.29, 1.82) is 0 Å². The minimum Gasteiger partial charge on any atom is -0.465 e. The molecule has 0 bridgehead atoms. The van der Waals surface area contributed by atoms with Crippen LogP contribution in [0.25, 0.3) is 0 Å². The minimum absolute atomic E-state index is 0.372. The van der Waals surface area contributed by atoms with Crippen LogP contribution < -0.4 is 10.2 Å². The quantitative estimate of drug-likeness (QED) is 0.619. The number of esters is 1. The molecule has 144 valence electrons. The second kappa shape index (κ2) is 8.99. The van der Waals surface area contributed by atoms with Crippen molar-refractivity contribution in [3.8, 4) is 0 Å². The van der Waals surface area contributed by atoms with Crippen LogP contribution in [-0.4, -0.2) is 29.6 Å². The average Bonchev–Trinajstić information content (AvgIpc) is 2.72. The fourth-order valence-electron chi connectivity index (χ4n) is 2.93. The smallest absolute Gasteiger partial charge is 0.337 e. The Morgan fingerprint density at radius 2 is 1.86 bits per heavy atom. The highest BCUT2D eigenvalue weighted by molar-refractivity contribution is 5.90. The SMILES string of the molecule is CCN(Cc1ccccc1)c1cc(Nc2cccc(C(=O)OC)c2)nc(C)n1. The Kier molecular flexibility index (Phi) is 6.22. The third-order valence-electron chi connectivity index (χ3n) is 4.30. The molecule has 3 rings (SSSR count). The minimum atomic E-state index is -0.372. The fourth-order valence-corrected chi connectivity index (χ4v) is 2.93. The first-order valence-electron chi connectivity index (χ1n) is 9.19. The number of nitrogens with one attached hydrogen (secondary N) is 1. The van der Waals surface area contributed by atoms with E-state index in [0.717, 1.165) is 24.6 Å². The Labute approximate surface area is 165 Å². The predicted octanol–water partition coefficient (Wildman–Crippen LogP) is 4.34. The summed E-state index contributed by atoms with van der Waals surface area (Å²) in [5.41, 5.74) is 2.47. The predicted molar refractivity (Wildman–Crippen MR) is 111 cm³/mol. The third-order valence-corrected chi connectivity index (χ3v) is 4.30. The summed E-state index contributed by atoms with van der Waals surface area (Å²) >= 11 is 0. The molecule has 0 amide bonds. The van der Waals surface area contributed by atoms with Crippen LogP contribution in [0.15, 0.2) is 60.7 Å². The van der Waals surface area contributed by atoms with Crippen LogP contribution in [0.4, 0.5) is 17.3 Å². The van der Waals surface area contributed by atoms with Crippen LogP contribution in [-0.2, 0) is 11.3 Å². The van der Waals surface area contributed by atoms with Gasteiger partial charge in [0.15, 0.2) is 0 Å². The van der Waals surface area contributed by atoms with Gasteiger partial charge in [0.05, 0.1) is 12.7 Å². The molecule has 0 unspecified atom stereocenters. The molecule has 28 heavy (non-hydrogen) atoms. The fraction of sp³-hybridized carbons (Fsp3) is 0.227. The second-order valence-corrected chi connectivity index (χ2v) is 6.36. The highest BCUT2D eigenvalue weighted by Crippen LogP contribution is 2.22. The Balaban J connectivity index is 1.84. The van der Waals surface area contributed by atoms with Gasteiger partial charge in [-0.1, -0.05) is 36.4 Å². The molecule has 0 saturated carbocycles. The Morgan fingerprint density at radius 3 is 2.57 bits per heavy atom. The summed E-state index contributed by atoms with van der Waals surface area (Å²) in [5.74, 6) is 1.83. The summed E-state index contributed by atoms with van der Waals surface area (Å²) < 4.78 is 4.78. The zero-order valence-corrected chi connectivity index (χ0v) is 16.3. The molecule has 0 saturated heterocycles. The van der Waals surface area contributed by atoms with Crippen LogP contribution in [0, 0.1) is 6.92 Å².